The number of nitrogens with two attached hydrogens (primary N) is 1. The fourth-order valence-corrected chi connectivity index (χ4v) is 2.17. The Kier molecular flexibility index (Phi) is 3.75. The van der Waals surface area contributed by atoms with Crippen molar-refractivity contribution >= 4 is 17.3 Å². The number of rotatable bonds is 6. The number of hydrogen-bond acceptors (Lipinski definition) is 3. The van der Waals surface area contributed by atoms with Crippen molar-refractivity contribution in [1.82, 2.24) is 0 Å². The van der Waals surface area contributed by atoms with Gasteiger partial charge in [-0.2, -0.15) is 0 Å². The minimum Gasteiger partial charge on any atom is -0.478 e. The molecule has 0 aliphatic heterocycles. The number of carbonyl (C=O) groups is 1. The molecule has 0 unspecified atom stereocenters. The molecule has 2 rings (SSSR count). The van der Waals surface area contributed by atoms with Gasteiger partial charge in [0.2, 0.25) is 0 Å². The number of hydrogen-bond donors (Lipinski definition) is 2. The van der Waals surface area contributed by atoms with Gasteiger partial charge in [-0.15, -0.1) is 0 Å². The first-order chi connectivity index (χ1) is 8.61. The van der Waals surface area contributed by atoms with E-state index in [1.54, 1.807) is 12.1 Å². The second kappa shape index (κ2) is 5.29. The van der Waals surface area contributed by atoms with Gasteiger partial charge in [0.1, 0.15) is 0 Å². The van der Waals surface area contributed by atoms with E-state index in [4.69, 9.17) is 10.8 Å². The minimum atomic E-state index is -0.933. The summed E-state index contributed by atoms with van der Waals surface area (Å²) in [6.07, 6.45) is 3.66. The van der Waals surface area contributed by atoms with Gasteiger partial charge in [-0.1, -0.05) is 6.92 Å². The van der Waals surface area contributed by atoms with E-state index in [9.17, 15) is 4.79 Å². The molecule has 0 amide bonds. The van der Waals surface area contributed by atoms with E-state index in [0.717, 1.165) is 31.1 Å². The standard InChI is InChI=1S/C14H20N2O2/c1-2-7-16(9-10-3-4-10)13-6-5-11(14(17)18)8-12(13)15/h5-6,8,10H,2-4,7,9,15H2,1H3,(H,17,18). The molecule has 1 aromatic carbocycles. The molecular weight excluding hydrogens is 228 g/mol. The second-order valence-electron chi connectivity index (χ2n) is 4.97. The average molecular weight is 248 g/mol. The van der Waals surface area contributed by atoms with Crippen LogP contribution in [0.3, 0.4) is 0 Å². The van der Waals surface area contributed by atoms with Gasteiger partial charge in [-0.25, -0.2) is 4.79 Å². The predicted molar refractivity (Wildman–Crippen MR) is 73.0 cm³/mol. The maximum atomic E-state index is 10.9. The van der Waals surface area contributed by atoms with Gasteiger partial charge in [0.15, 0.2) is 0 Å². The fraction of sp³-hybridized carbons (Fsp3) is 0.500. The molecule has 0 heterocycles. The molecule has 4 heteroatoms. The van der Waals surface area contributed by atoms with Crippen molar-refractivity contribution in [3.63, 3.8) is 0 Å². The molecule has 1 fully saturated rings. The molecule has 1 aliphatic rings. The zero-order valence-electron chi connectivity index (χ0n) is 10.7. The third-order valence-electron chi connectivity index (χ3n) is 3.28. The minimum absolute atomic E-state index is 0.249. The van der Waals surface area contributed by atoms with Gasteiger partial charge < -0.3 is 15.7 Å². The number of benzene rings is 1. The lowest BCUT2D eigenvalue weighted by molar-refractivity contribution is 0.0697. The van der Waals surface area contributed by atoms with Crippen molar-refractivity contribution < 1.29 is 9.90 Å². The van der Waals surface area contributed by atoms with Crippen LogP contribution >= 0.6 is 0 Å². The van der Waals surface area contributed by atoms with Crippen LogP contribution in [0, 0.1) is 5.92 Å². The van der Waals surface area contributed by atoms with Gasteiger partial charge >= 0.3 is 5.97 Å². The van der Waals surface area contributed by atoms with Crippen molar-refractivity contribution in [1.29, 1.82) is 0 Å². The van der Waals surface area contributed by atoms with E-state index in [-0.39, 0.29) is 5.56 Å². The largest absolute Gasteiger partial charge is 0.478 e. The molecule has 4 nitrogen and oxygen atoms in total. The maximum absolute atomic E-state index is 10.9. The van der Waals surface area contributed by atoms with E-state index >= 15 is 0 Å². The van der Waals surface area contributed by atoms with Crippen LogP contribution in [0.25, 0.3) is 0 Å². The van der Waals surface area contributed by atoms with E-state index < -0.39 is 5.97 Å². The highest BCUT2D eigenvalue weighted by Crippen LogP contribution is 2.33. The van der Waals surface area contributed by atoms with Crippen LogP contribution in [0.4, 0.5) is 11.4 Å². The summed E-state index contributed by atoms with van der Waals surface area (Å²) in [4.78, 5) is 13.2. The first kappa shape index (κ1) is 12.7. The second-order valence-corrected chi connectivity index (χ2v) is 4.97. The van der Waals surface area contributed by atoms with E-state index in [2.05, 4.69) is 11.8 Å². The molecule has 0 spiro atoms. The van der Waals surface area contributed by atoms with Crippen LogP contribution in [0.2, 0.25) is 0 Å². The predicted octanol–water partition coefficient (Wildman–Crippen LogP) is 2.59. The summed E-state index contributed by atoms with van der Waals surface area (Å²) in [6.45, 7) is 4.14. The Hall–Kier alpha value is -1.71. The quantitative estimate of drug-likeness (QED) is 0.759. The topological polar surface area (TPSA) is 66.6 Å². The molecule has 3 N–H and O–H groups in total. The number of anilines is 2. The van der Waals surface area contributed by atoms with Crippen LogP contribution in [0.5, 0.6) is 0 Å². The summed E-state index contributed by atoms with van der Waals surface area (Å²) in [6, 6.07) is 5.01. The number of aromatic carboxylic acids is 1. The first-order valence-corrected chi connectivity index (χ1v) is 6.49. The van der Waals surface area contributed by atoms with Crippen molar-refractivity contribution in [3.8, 4) is 0 Å². The van der Waals surface area contributed by atoms with Gasteiger partial charge in [0, 0.05) is 13.1 Å². The molecule has 1 aliphatic carbocycles. The van der Waals surface area contributed by atoms with E-state index in [1.807, 2.05) is 6.07 Å². The Labute approximate surface area is 107 Å². The molecule has 0 atom stereocenters. The van der Waals surface area contributed by atoms with Crippen molar-refractivity contribution in [3.05, 3.63) is 23.8 Å². The molecule has 0 radical (unpaired) electrons. The lowest BCUT2D eigenvalue weighted by Gasteiger charge is -2.26. The molecule has 0 aromatic heterocycles. The average Bonchev–Trinajstić information content (AvgIpc) is 3.12. The third kappa shape index (κ3) is 2.94. The van der Waals surface area contributed by atoms with Crippen LogP contribution < -0.4 is 10.6 Å². The molecule has 0 bridgehead atoms. The number of carboxylic acid groups (broad SMARTS) is 1. The zero-order valence-corrected chi connectivity index (χ0v) is 10.7. The van der Waals surface area contributed by atoms with Crippen molar-refractivity contribution in [2.24, 2.45) is 5.92 Å². The lowest BCUT2D eigenvalue weighted by atomic mass is 10.1. The lowest BCUT2D eigenvalue weighted by Crippen LogP contribution is -2.27. The highest BCUT2D eigenvalue weighted by molar-refractivity contribution is 5.90. The summed E-state index contributed by atoms with van der Waals surface area (Å²) in [7, 11) is 0. The van der Waals surface area contributed by atoms with Crippen LogP contribution in [0.1, 0.15) is 36.5 Å². The number of nitrogen functional groups attached to an aromatic ring is 1. The summed E-state index contributed by atoms with van der Waals surface area (Å²) in [5.74, 6) is -0.146. The SMILES string of the molecule is CCCN(CC1CC1)c1ccc(C(=O)O)cc1N. The van der Waals surface area contributed by atoms with Crippen LogP contribution in [-0.2, 0) is 0 Å². The number of carboxylic acids is 1. The fourth-order valence-electron chi connectivity index (χ4n) is 2.17. The molecule has 98 valence electrons. The summed E-state index contributed by atoms with van der Waals surface area (Å²) >= 11 is 0. The highest BCUT2D eigenvalue weighted by atomic mass is 16.4. The summed E-state index contributed by atoms with van der Waals surface area (Å²) in [5.41, 5.74) is 7.76. The van der Waals surface area contributed by atoms with Gasteiger partial charge in [-0.3, -0.25) is 0 Å². The summed E-state index contributed by atoms with van der Waals surface area (Å²) in [5, 5.41) is 8.93. The van der Waals surface area contributed by atoms with E-state index in [0.29, 0.717) is 5.69 Å². The summed E-state index contributed by atoms with van der Waals surface area (Å²) < 4.78 is 0. The first-order valence-electron chi connectivity index (χ1n) is 6.49. The third-order valence-corrected chi connectivity index (χ3v) is 3.28. The van der Waals surface area contributed by atoms with Gasteiger partial charge in [0.05, 0.1) is 16.9 Å². The van der Waals surface area contributed by atoms with Crippen molar-refractivity contribution in [2.45, 2.75) is 26.2 Å². The maximum Gasteiger partial charge on any atom is 0.335 e. The molecule has 18 heavy (non-hydrogen) atoms. The molecule has 0 saturated heterocycles. The smallest absolute Gasteiger partial charge is 0.335 e. The Bertz CT molecular complexity index is 441. The molecule has 1 aromatic rings. The molecule has 1 saturated carbocycles. The molecular formula is C14H20N2O2. The Morgan fingerprint density at radius 3 is 2.72 bits per heavy atom. The van der Waals surface area contributed by atoms with Crippen LogP contribution in [0.15, 0.2) is 18.2 Å². The monoisotopic (exact) mass is 248 g/mol. The Morgan fingerprint density at radius 2 is 2.22 bits per heavy atom. The highest BCUT2D eigenvalue weighted by Gasteiger charge is 2.25. The normalized spacial score (nSPS) is 14.5. The Morgan fingerprint density at radius 1 is 1.50 bits per heavy atom. The Balaban J connectivity index is 2.20. The van der Waals surface area contributed by atoms with Crippen molar-refractivity contribution in [2.75, 3.05) is 23.7 Å². The van der Waals surface area contributed by atoms with E-state index in [1.165, 1.54) is 12.8 Å². The van der Waals surface area contributed by atoms with Crippen LogP contribution in [-0.4, -0.2) is 24.2 Å². The van der Waals surface area contributed by atoms with Gasteiger partial charge in [-0.05, 0) is 43.4 Å². The number of nitrogens with zero attached hydrogens (tertiary/aromatic N) is 1. The zero-order chi connectivity index (χ0) is 13.1. The van der Waals surface area contributed by atoms with Gasteiger partial charge in [0.25, 0.3) is 0 Å².